The molecule has 0 aliphatic carbocycles. The van der Waals surface area contributed by atoms with Gasteiger partial charge in [0.15, 0.2) is 5.82 Å². The minimum Gasteiger partial charge on any atom is -0.310 e. The highest BCUT2D eigenvalue weighted by molar-refractivity contribution is 5.55. The van der Waals surface area contributed by atoms with Crippen LogP contribution >= 0.6 is 0 Å². The molecule has 0 fully saturated rings. The van der Waals surface area contributed by atoms with Gasteiger partial charge in [-0.15, -0.1) is 0 Å². The number of aromatic nitrogens is 3. The van der Waals surface area contributed by atoms with Crippen LogP contribution in [0.5, 0.6) is 0 Å². The van der Waals surface area contributed by atoms with Crippen molar-refractivity contribution in [1.29, 1.82) is 0 Å². The van der Waals surface area contributed by atoms with Crippen molar-refractivity contribution in [2.75, 3.05) is 0 Å². The first kappa shape index (κ1) is 14.6. The van der Waals surface area contributed by atoms with E-state index in [-0.39, 0.29) is 0 Å². The molecule has 1 N–H and O–H groups in total. The first-order valence-electron chi connectivity index (χ1n) is 6.98. The molecular weight excluding hydrogens is 248 g/mol. The second-order valence-electron chi connectivity index (χ2n) is 5.40. The van der Waals surface area contributed by atoms with E-state index in [2.05, 4.69) is 34.1 Å². The Bertz CT molecular complexity index is 582. The molecule has 0 aliphatic heterocycles. The van der Waals surface area contributed by atoms with Crippen molar-refractivity contribution >= 4 is 0 Å². The summed E-state index contributed by atoms with van der Waals surface area (Å²) in [5.74, 6) is 0.714. The fourth-order valence-corrected chi connectivity index (χ4v) is 2.13. The summed E-state index contributed by atoms with van der Waals surface area (Å²) in [4.78, 5) is 13.7. The van der Waals surface area contributed by atoms with E-state index in [9.17, 15) is 0 Å². The van der Waals surface area contributed by atoms with Crippen LogP contribution in [0.25, 0.3) is 11.5 Å². The first-order chi connectivity index (χ1) is 9.49. The van der Waals surface area contributed by atoms with E-state index in [0.717, 1.165) is 29.2 Å². The number of nitrogens with one attached hydrogen (secondary N) is 1. The minimum atomic E-state index is 0.450. The van der Waals surface area contributed by atoms with Crippen LogP contribution < -0.4 is 5.32 Å². The minimum absolute atomic E-state index is 0.450. The predicted molar refractivity (Wildman–Crippen MR) is 81.4 cm³/mol. The lowest BCUT2D eigenvalue weighted by Gasteiger charge is -2.14. The van der Waals surface area contributed by atoms with E-state index in [1.165, 1.54) is 5.56 Å². The van der Waals surface area contributed by atoms with Crippen LogP contribution in [-0.2, 0) is 6.54 Å². The van der Waals surface area contributed by atoms with Crippen molar-refractivity contribution in [3.05, 3.63) is 40.8 Å². The molecule has 0 aromatic carbocycles. The third kappa shape index (κ3) is 3.20. The van der Waals surface area contributed by atoms with Crippen LogP contribution in [0.15, 0.2) is 18.3 Å². The van der Waals surface area contributed by atoms with Gasteiger partial charge in [0.1, 0.15) is 5.69 Å². The zero-order valence-corrected chi connectivity index (χ0v) is 12.9. The molecule has 4 heteroatoms. The molecule has 2 aromatic rings. The second-order valence-corrected chi connectivity index (χ2v) is 5.40. The molecule has 0 spiro atoms. The van der Waals surface area contributed by atoms with E-state index in [4.69, 9.17) is 0 Å². The summed E-state index contributed by atoms with van der Waals surface area (Å²) in [7, 11) is 0. The maximum atomic E-state index is 4.63. The molecule has 0 amide bonds. The zero-order chi connectivity index (χ0) is 14.7. The van der Waals surface area contributed by atoms with Gasteiger partial charge < -0.3 is 5.32 Å². The van der Waals surface area contributed by atoms with Crippen LogP contribution in [0.2, 0.25) is 0 Å². The number of pyridine rings is 1. The van der Waals surface area contributed by atoms with Gasteiger partial charge in [0.05, 0.1) is 0 Å². The van der Waals surface area contributed by atoms with Gasteiger partial charge in [-0.05, 0) is 32.4 Å². The molecule has 0 atom stereocenters. The van der Waals surface area contributed by atoms with Gasteiger partial charge in [-0.25, -0.2) is 9.97 Å². The summed E-state index contributed by atoms with van der Waals surface area (Å²) in [6.07, 6.45) is 1.78. The SMILES string of the molecule is Cc1cccnc1-c1nc(C)c(CNC(C)C)c(C)n1. The average molecular weight is 270 g/mol. The van der Waals surface area contributed by atoms with Crippen molar-refractivity contribution in [3.8, 4) is 11.5 Å². The molecule has 2 heterocycles. The highest BCUT2D eigenvalue weighted by Crippen LogP contribution is 2.19. The number of nitrogens with zero attached hydrogens (tertiary/aromatic N) is 3. The van der Waals surface area contributed by atoms with E-state index in [1.807, 2.05) is 32.9 Å². The maximum absolute atomic E-state index is 4.63. The van der Waals surface area contributed by atoms with Crippen molar-refractivity contribution in [2.45, 2.75) is 47.2 Å². The Morgan fingerprint density at radius 2 is 1.75 bits per heavy atom. The highest BCUT2D eigenvalue weighted by Gasteiger charge is 2.12. The Morgan fingerprint density at radius 1 is 1.10 bits per heavy atom. The van der Waals surface area contributed by atoms with E-state index < -0.39 is 0 Å². The molecule has 0 bridgehead atoms. The van der Waals surface area contributed by atoms with Gasteiger partial charge in [0.25, 0.3) is 0 Å². The number of aryl methyl sites for hydroxylation is 3. The third-order valence-corrected chi connectivity index (χ3v) is 3.33. The van der Waals surface area contributed by atoms with E-state index in [0.29, 0.717) is 11.9 Å². The summed E-state index contributed by atoms with van der Waals surface area (Å²) < 4.78 is 0. The summed E-state index contributed by atoms with van der Waals surface area (Å²) in [6.45, 7) is 11.2. The van der Waals surface area contributed by atoms with Gasteiger partial charge >= 0.3 is 0 Å². The lowest BCUT2D eigenvalue weighted by Crippen LogP contribution is -2.23. The largest absolute Gasteiger partial charge is 0.310 e. The molecule has 0 unspecified atom stereocenters. The van der Waals surface area contributed by atoms with Crippen molar-refractivity contribution in [2.24, 2.45) is 0 Å². The van der Waals surface area contributed by atoms with Crippen molar-refractivity contribution < 1.29 is 0 Å². The van der Waals surface area contributed by atoms with Crippen molar-refractivity contribution in [3.63, 3.8) is 0 Å². The molecule has 0 saturated heterocycles. The normalized spacial score (nSPS) is 11.1. The van der Waals surface area contributed by atoms with Gasteiger partial charge in [-0.1, -0.05) is 19.9 Å². The predicted octanol–water partition coefficient (Wildman–Crippen LogP) is 2.96. The highest BCUT2D eigenvalue weighted by atomic mass is 15.0. The van der Waals surface area contributed by atoms with E-state index in [1.54, 1.807) is 6.20 Å². The molecule has 0 saturated carbocycles. The summed E-state index contributed by atoms with van der Waals surface area (Å²) in [5, 5.41) is 3.42. The Morgan fingerprint density at radius 3 is 2.30 bits per heavy atom. The molecular formula is C16H22N4. The lowest BCUT2D eigenvalue weighted by atomic mass is 10.1. The third-order valence-electron chi connectivity index (χ3n) is 3.33. The lowest BCUT2D eigenvalue weighted by molar-refractivity contribution is 0.583. The summed E-state index contributed by atoms with van der Waals surface area (Å²) in [6, 6.07) is 4.41. The van der Waals surface area contributed by atoms with Crippen LogP contribution in [0, 0.1) is 20.8 Å². The summed E-state index contributed by atoms with van der Waals surface area (Å²) >= 11 is 0. The molecule has 0 aliphatic rings. The van der Waals surface area contributed by atoms with E-state index >= 15 is 0 Å². The Kier molecular flexibility index (Phi) is 4.45. The smallest absolute Gasteiger partial charge is 0.178 e. The van der Waals surface area contributed by atoms with Crippen molar-refractivity contribution in [1.82, 2.24) is 20.3 Å². The average Bonchev–Trinajstić information content (AvgIpc) is 2.37. The van der Waals surface area contributed by atoms with Crippen LogP contribution in [0.1, 0.15) is 36.4 Å². The first-order valence-corrected chi connectivity index (χ1v) is 6.98. The fourth-order valence-electron chi connectivity index (χ4n) is 2.13. The topological polar surface area (TPSA) is 50.7 Å². The van der Waals surface area contributed by atoms with Crippen LogP contribution in [0.4, 0.5) is 0 Å². The number of rotatable bonds is 4. The quantitative estimate of drug-likeness (QED) is 0.928. The molecule has 4 nitrogen and oxygen atoms in total. The molecule has 106 valence electrons. The second kappa shape index (κ2) is 6.09. The molecule has 20 heavy (non-hydrogen) atoms. The maximum Gasteiger partial charge on any atom is 0.178 e. The molecule has 2 rings (SSSR count). The van der Waals surface area contributed by atoms with Gasteiger partial charge in [0.2, 0.25) is 0 Å². The zero-order valence-electron chi connectivity index (χ0n) is 12.9. The Hall–Kier alpha value is -1.81. The number of hydrogen-bond acceptors (Lipinski definition) is 4. The monoisotopic (exact) mass is 270 g/mol. The Labute approximate surface area is 120 Å². The fraction of sp³-hybridized carbons (Fsp3) is 0.438. The van der Waals surface area contributed by atoms with Crippen LogP contribution in [-0.4, -0.2) is 21.0 Å². The number of hydrogen-bond donors (Lipinski definition) is 1. The van der Waals surface area contributed by atoms with Crippen LogP contribution in [0.3, 0.4) is 0 Å². The standard InChI is InChI=1S/C16H22N4/c1-10(2)18-9-14-12(4)19-16(20-13(14)5)15-11(3)7-6-8-17-15/h6-8,10,18H,9H2,1-5H3. The Balaban J connectivity index is 2.38. The van der Waals surface area contributed by atoms with Gasteiger partial charge in [-0.3, -0.25) is 4.98 Å². The molecule has 2 aromatic heterocycles. The van der Waals surface area contributed by atoms with Gasteiger partial charge in [0, 0.05) is 35.7 Å². The van der Waals surface area contributed by atoms with Gasteiger partial charge in [-0.2, -0.15) is 0 Å². The molecule has 0 radical (unpaired) electrons. The summed E-state index contributed by atoms with van der Waals surface area (Å²) in [5.41, 5.74) is 5.17.